The normalized spacial score (nSPS) is 12.8. The lowest BCUT2D eigenvalue weighted by Gasteiger charge is -2.31. The van der Waals surface area contributed by atoms with E-state index in [9.17, 15) is 9.59 Å². The first-order valence-corrected chi connectivity index (χ1v) is 11.2. The molecule has 0 aliphatic carbocycles. The van der Waals surface area contributed by atoms with Gasteiger partial charge in [0.25, 0.3) is 0 Å². The highest BCUT2D eigenvalue weighted by Gasteiger charge is 2.29. The Labute approximate surface area is 189 Å². The molecule has 0 fully saturated rings. The summed E-state index contributed by atoms with van der Waals surface area (Å²) < 4.78 is 0. The standard InChI is InChI=1S/C24H30Cl2N2O2/c1-4-17(3)27-24(30)22(5-2)28(16-19-11-13-20(25)21(26)15-19)23(29)14-12-18-9-7-6-8-10-18/h6-11,13,15,17,22H,4-5,12,14,16H2,1-3H3,(H,27,30)/t17-,22+/m1/s1. The monoisotopic (exact) mass is 448 g/mol. The topological polar surface area (TPSA) is 49.4 Å². The minimum absolute atomic E-state index is 0.0535. The molecule has 2 aromatic rings. The first-order valence-electron chi connectivity index (χ1n) is 10.4. The molecule has 4 nitrogen and oxygen atoms in total. The molecule has 0 unspecified atom stereocenters. The largest absolute Gasteiger partial charge is 0.352 e. The van der Waals surface area contributed by atoms with Crippen molar-refractivity contribution >= 4 is 35.0 Å². The van der Waals surface area contributed by atoms with E-state index in [2.05, 4.69) is 5.32 Å². The van der Waals surface area contributed by atoms with Gasteiger partial charge < -0.3 is 10.2 Å². The van der Waals surface area contributed by atoms with Gasteiger partial charge in [-0.25, -0.2) is 0 Å². The Hall–Kier alpha value is -2.04. The highest BCUT2D eigenvalue weighted by molar-refractivity contribution is 6.42. The molecule has 0 heterocycles. The summed E-state index contributed by atoms with van der Waals surface area (Å²) in [7, 11) is 0. The molecule has 6 heteroatoms. The maximum Gasteiger partial charge on any atom is 0.243 e. The maximum atomic E-state index is 13.2. The van der Waals surface area contributed by atoms with E-state index < -0.39 is 6.04 Å². The molecular formula is C24H30Cl2N2O2. The van der Waals surface area contributed by atoms with E-state index in [0.717, 1.165) is 17.5 Å². The Morgan fingerprint density at radius 3 is 2.27 bits per heavy atom. The van der Waals surface area contributed by atoms with E-state index in [1.165, 1.54) is 0 Å². The molecule has 0 aliphatic rings. The van der Waals surface area contributed by atoms with Crippen molar-refractivity contribution < 1.29 is 9.59 Å². The summed E-state index contributed by atoms with van der Waals surface area (Å²) in [5.41, 5.74) is 1.93. The third-order valence-electron chi connectivity index (χ3n) is 5.19. The number of nitrogens with zero attached hydrogens (tertiary/aromatic N) is 1. The predicted molar refractivity (Wildman–Crippen MR) is 124 cm³/mol. The molecule has 2 amide bonds. The molecule has 0 aromatic heterocycles. The van der Waals surface area contributed by atoms with E-state index in [4.69, 9.17) is 23.2 Å². The van der Waals surface area contributed by atoms with Crippen LogP contribution in [-0.4, -0.2) is 28.8 Å². The molecular weight excluding hydrogens is 419 g/mol. The van der Waals surface area contributed by atoms with Crippen LogP contribution in [0.5, 0.6) is 0 Å². The van der Waals surface area contributed by atoms with E-state index in [1.807, 2.05) is 57.2 Å². The average molecular weight is 449 g/mol. The van der Waals surface area contributed by atoms with E-state index >= 15 is 0 Å². The fourth-order valence-electron chi connectivity index (χ4n) is 3.23. The van der Waals surface area contributed by atoms with Gasteiger partial charge in [-0.1, -0.05) is 73.4 Å². The molecule has 2 atom stereocenters. The van der Waals surface area contributed by atoms with Gasteiger partial charge in [0.2, 0.25) is 11.8 Å². The van der Waals surface area contributed by atoms with Gasteiger partial charge in [0, 0.05) is 19.0 Å². The zero-order valence-electron chi connectivity index (χ0n) is 17.8. The second kappa shape index (κ2) is 12.0. The van der Waals surface area contributed by atoms with E-state index in [-0.39, 0.29) is 17.9 Å². The van der Waals surface area contributed by atoms with Crippen LogP contribution in [0.25, 0.3) is 0 Å². The third-order valence-corrected chi connectivity index (χ3v) is 5.93. The minimum Gasteiger partial charge on any atom is -0.352 e. The number of nitrogens with one attached hydrogen (secondary N) is 1. The van der Waals surface area contributed by atoms with Gasteiger partial charge in [0.05, 0.1) is 10.0 Å². The third kappa shape index (κ3) is 7.03. The molecule has 0 aliphatic heterocycles. The van der Waals surface area contributed by atoms with Crippen molar-refractivity contribution in [1.29, 1.82) is 0 Å². The summed E-state index contributed by atoms with van der Waals surface area (Å²) >= 11 is 12.2. The Morgan fingerprint density at radius 2 is 1.67 bits per heavy atom. The Morgan fingerprint density at radius 1 is 0.967 bits per heavy atom. The quantitative estimate of drug-likeness (QED) is 0.510. The number of benzene rings is 2. The molecule has 30 heavy (non-hydrogen) atoms. The molecule has 0 saturated carbocycles. The minimum atomic E-state index is -0.545. The summed E-state index contributed by atoms with van der Waals surface area (Å²) in [6.07, 6.45) is 2.32. The van der Waals surface area contributed by atoms with Crippen molar-refractivity contribution in [2.24, 2.45) is 0 Å². The predicted octanol–water partition coefficient (Wildman–Crippen LogP) is 5.65. The van der Waals surface area contributed by atoms with Gasteiger partial charge in [-0.2, -0.15) is 0 Å². The van der Waals surface area contributed by atoms with Crippen LogP contribution < -0.4 is 5.32 Å². The molecule has 0 radical (unpaired) electrons. The summed E-state index contributed by atoms with van der Waals surface area (Å²) in [6, 6.07) is 14.7. The summed E-state index contributed by atoms with van der Waals surface area (Å²) in [4.78, 5) is 27.8. The van der Waals surface area contributed by atoms with E-state index in [0.29, 0.717) is 35.9 Å². The van der Waals surface area contributed by atoms with Crippen LogP contribution in [0.15, 0.2) is 48.5 Å². The molecule has 2 rings (SSSR count). The SMILES string of the molecule is CC[C@@H](C)NC(=O)[C@H](CC)N(Cc1ccc(Cl)c(Cl)c1)C(=O)CCc1ccccc1. The fraction of sp³-hybridized carbons (Fsp3) is 0.417. The molecule has 0 saturated heterocycles. The number of aryl methyl sites for hydroxylation is 1. The van der Waals surface area contributed by atoms with Crippen LogP contribution in [0, 0.1) is 0 Å². The summed E-state index contributed by atoms with van der Waals surface area (Å²) in [5, 5.41) is 3.91. The average Bonchev–Trinajstić information content (AvgIpc) is 2.75. The van der Waals surface area contributed by atoms with Crippen molar-refractivity contribution in [2.75, 3.05) is 0 Å². The van der Waals surface area contributed by atoms with Crippen LogP contribution in [0.2, 0.25) is 10.0 Å². The molecule has 0 bridgehead atoms. The van der Waals surface area contributed by atoms with Gasteiger partial charge in [-0.05, 0) is 49.4 Å². The summed E-state index contributed by atoms with van der Waals surface area (Å²) in [6.45, 7) is 6.21. The van der Waals surface area contributed by atoms with Crippen molar-refractivity contribution in [3.63, 3.8) is 0 Å². The highest BCUT2D eigenvalue weighted by Crippen LogP contribution is 2.24. The van der Waals surface area contributed by atoms with E-state index in [1.54, 1.807) is 17.0 Å². The summed E-state index contributed by atoms with van der Waals surface area (Å²) in [5.74, 6) is -0.184. The molecule has 1 N–H and O–H groups in total. The van der Waals surface area contributed by atoms with Gasteiger partial charge in [-0.15, -0.1) is 0 Å². The lowest BCUT2D eigenvalue weighted by Crippen LogP contribution is -2.50. The molecule has 0 spiro atoms. The number of rotatable bonds is 10. The van der Waals surface area contributed by atoms with Crippen LogP contribution >= 0.6 is 23.2 Å². The first kappa shape index (κ1) is 24.2. The number of carbonyl (C=O) groups excluding carboxylic acids is 2. The lowest BCUT2D eigenvalue weighted by atomic mass is 10.1. The van der Waals surface area contributed by atoms with Crippen molar-refractivity contribution in [1.82, 2.24) is 10.2 Å². The number of halogens is 2. The van der Waals surface area contributed by atoms with Crippen molar-refractivity contribution in [3.05, 3.63) is 69.7 Å². The number of amides is 2. The highest BCUT2D eigenvalue weighted by atomic mass is 35.5. The lowest BCUT2D eigenvalue weighted by molar-refractivity contribution is -0.141. The van der Waals surface area contributed by atoms with Crippen molar-refractivity contribution in [3.8, 4) is 0 Å². The second-order valence-corrected chi connectivity index (χ2v) is 8.31. The Balaban J connectivity index is 2.23. The van der Waals surface area contributed by atoms with Gasteiger partial charge in [0.1, 0.15) is 6.04 Å². The fourth-order valence-corrected chi connectivity index (χ4v) is 3.56. The number of carbonyl (C=O) groups is 2. The van der Waals surface area contributed by atoms with Gasteiger partial charge >= 0.3 is 0 Å². The first-order chi connectivity index (χ1) is 14.3. The van der Waals surface area contributed by atoms with Crippen LogP contribution in [-0.2, 0) is 22.6 Å². The van der Waals surface area contributed by atoms with Gasteiger partial charge in [-0.3, -0.25) is 9.59 Å². The maximum absolute atomic E-state index is 13.2. The number of hydrogen-bond acceptors (Lipinski definition) is 2. The molecule has 2 aromatic carbocycles. The second-order valence-electron chi connectivity index (χ2n) is 7.50. The molecule has 162 valence electrons. The van der Waals surface area contributed by atoms with Crippen LogP contribution in [0.1, 0.15) is 51.2 Å². The Bertz CT molecular complexity index is 842. The van der Waals surface area contributed by atoms with Crippen molar-refractivity contribution in [2.45, 2.75) is 65.1 Å². The van der Waals surface area contributed by atoms with Crippen LogP contribution in [0.3, 0.4) is 0 Å². The zero-order valence-corrected chi connectivity index (χ0v) is 19.3. The van der Waals surface area contributed by atoms with Crippen LogP contribution in [0.4, 0.5) is 0 Å². The number of hydrogen-bond donors (Lipinski definition) is 1. The smallest absolute Gasteiger partial charge is 0.243 e. The zero-order chi connectivity index (χ0) is 22.1. The van der Waals surface area contributed by atoms with Gasteiger partial charge in [0.15, 0.2) is 0 Å². The Kier molecular flexibility index (Phi) is 9.67.